The first-order chi connectivity index (χ1) is 15.9. The molecule has 8 nitrogen and oxygen atoms in total. The van der Waals surface area contributed by atoms with E-state index in [2.05, 4.69) is 5.32 Å². The number of nitrogens with zero attached hydrogens (tertiary/aromatic N) is 1. The molecule has 0 aliphatic carbocycles. The van der Waals surface area contributed by atoms with Gasteiger partial charge in [-0.2, -0.15) is 0 Å². The number of carbonyl (C=O) groups excluding carboxylic acids is 1. The van der Waals surface area contributed by atoms with Gasteiger partial charge in [-0.05, 0) is 42.0 Å². The quantitative estimate of drug-likeness (QED) is 0.544. The topological polar surface area (TPSA) is 94.2 Å². The average molecular weight is 469 g/mol. The molecule has 172 valence electrons. The van der Waals surface area contributed by atoms with E-state index < -0.39 is 15.9 Å². The zero-order chi connectivity index (χ0) is 23.3. The van der Waals surface area contributed by atoms with Crippen molar-refractivity contribution in [2.45, 2.75) is 6.61 Å². The van der Waals surface area contributed by atoms with Crippen LogP contribution in [0.5, 0.6) is 17.2 Å². The van der Waals surface area contributed by atoms with Gasteiger partial charge in [-0.1, -0.05) is 30.3 Å². The fraction of sp³-hybridized carbons (Fsp3) is 0.208. The standard InChI is InChI=1S/C24H24N2O6S/c1-33(28,29)26(16-24(27)25-19-7-12-22-23(15-19)31-14-13-30-22)20-8-10-21(11-9-20)32-17-18-5-3-2-4-6-18/h2-12,15H,13-14,16-17H2,1H3,(H,25,27). The fourth-order valence-corrected chi connectivity index (χ4v) is 4.16. The zero-order valence-corrected chi connectivity index (χ0v) is 18.9. The zero-order valence-electron chi connectivity index (χ0n) is 18.1. The van der Waals surface area contributed by atoms with Crippen molar-refractivity contribution in [3.05, 3.63) is 78.4 Å². The highest BCUT2D eigenvalue weighted by atomic mass is 32.2. The molecule has 1 aliphatic rings. The summed E-state index contributed by atoms with van der Waals surface area (Å²) in [5, 5.41) is 2.71. The summed E-state index contributed by atoms with van der Waals surface area (Å²) in [6.45, 7) is 0.917. The van der Waals surface area contributed by atoms with E-state index in [1.807, 2.05) is 30.3 Å². The van der Waals surface area contributed by atoms with Crippen LogP contribution < -0.4 is 23.8 Å². The number of benzene rings is 3. The lowest BCUT2D eigenvalue weighted by molar-refractivity contribution is -0.114. The van der Waals surface area contributed by atoms with Crippen LogP contribution in [0.15, 0.2) is 72.8 Å². The molecule has 0 saturated heterocycles. The second-order valence-electron chi connectivity index (χ2n) is 7.44. The van der Waals surface area contributed by atoms with Crippen LogP contribution >= 0.6 is 0 Å². The number of carbonyl (C=O) groups is 1. The van der Waals surface area contributed by atoms with Crippen molar-refractivity contribution < 1.29 is 27.4 Å². The van der Waals surface area contributed by atoms with Gasteiger partial charge in [0.15, 0.2) is 11.5 Å². The average Bonchev–Trinajstić information content (AvgIpc) is 2.81. The Labute approximate surface area is 192 Å². The summed E-state index contributed by atoms with van der Waals surface area (Å²) in [5.41, 5.74) is 1.87. The number of anilines is 2. The Hall–Kier alpha value is -3.72. The normalized spacial score (nSPS) is 12.6. The molecule has 0 radical (unpaired) electrons. The molecule has 0 spiro atoms. The van der Waals surface area contributed by atoms with Crippen molar-refractivity contribution in [2.75, 3.05) is 35.6 Å². The van der Waals surface area contributed by atoms with Gasteiger partial charge in [0.05, 0.1) is 11.9 Å². The van der Waals surface area contributed by atoms with Gasteiger partial charge in [0.2, 0.25) is 15.9 Å². The van der Waals surface area contributed by atoms with E-state index in [0.29, 0.717) is 48.4 Å². The lowest BCUT2D eigenvalue weighted by Crippen LogP contribution is -2.37. The lowest BCUT2D eigenvalue weighted by Gasteiger charge is -2.22. The van der Waals surface area contributed by atoms with Crippen molar-refractivity contribution >= 4 is 27.3 Å². The molecular weight excluding hydrogens is 444 g/mol. The van der Waals surface area contributed by atoms with Gasteiger partial charge in [-0.15, -0.1) is 0 Å². The Kier molecular flexibility index (Phi) is 6.69. The number of amides is 1. The number of hydrogen-bond acceptors (Lipinski definition) is 6. The van der Waals surface area contributed by atoms with E-state index in [-0.39, 0.29) is 6.54 Å². The molecule has 9 heteroatoms. The highest BCUT2D eigenvalue weighted by Gasteiger charge is 2.21. The monoisotopic (exact) mass is 468 g/mol. The molecule has 0 aromatic heterocycles. The molecule has 0 bridgehead atoms. The maximum atomic E-state index is 12.6. The Morgan fingerprint density at radius 2 is 1.67 bits per heavy atom. The third-order valence-corrected chi connectivity index (χ3v) is 6.03. The van der Waals surface area contributed by atoms with Crippen molar-refractivity contribution in [3.63, 3.8) is 0 Å². The molecule has 0 unspecified atom stereocenters. The number of sulfonamides is 1. The van der Waals surface area contributed by atoms with Gasteiger partial charge in [0.1, 0.15) is 32.1 Å². The molecule has 4 rings (SSSR count). The van der Waals surface area contributed by atoms with Crippen LogP contribution in [0.1, 0.15) is 5.56 Å². The number of nitrogens with one attached hydrogen (secondary N) is 1. The van der Waals surface area contributed by atoms with Crippen LogP contribution in [0.25, 0.3) is 0 Å². The largest absolute Gasteiger partial charge is 0.489 e. The Bertz CT molecular complexity index is 1210. The third kappa shape index (κ3) is 5.95. The summed E-state index contributed by atoms with van der Waals surface area (Å²) >= 11 is 0. The number of hydrogen-bond donors (Lipinski definition) is 1. The molecule has 1 N–H and O–H groups in total. The first-order valence-electron chi connectivity index (χ1n) is 10.3. The molecule has 3 aromatic rings. The van der Waals surface area contributed by atoms with Gasteiger partial charge in [-0.3, -0.25) is 9.10 Å². The van der Waals surface area contributed by atoms with E-state index in [9.17, 15) is 13.2 Å². The Morgan fingerprint density at radius 1 is 0.970 bits per heavy atom. The molecule has 0 atom stereocenters. The van der Waals surface area contributed by atoms with E-state index in [0.717, 1.165) is 16.1 Å². The van der Waals surface area contributed by atoms with Gasteiger partial charge in [0.25, 0.3) is 0 Å². The smallest absolute Gasteiger partial charge is 0.245 e. The minimum absolute atomic E-state index is 0.363. The van der Waals surface area contributed by atoms with Crippen molar-refractivity contribution in [1.82, 2.24) is 0 Å². The van der Waals surface area contributed by atoms with Gasteiger partial charge in [-0.25, -0.2) is 8.42 Å². The van der Waals surface area contributed by atoms with Gasteiger partial charge < -0.3 is 19.5 Å². The Balaban J connectivity index is 1.42. The second-order valence-corrected chi connectivity index (χ2v) is 9.35. The minimum atomic E-state index is -3.70. The van der Waals surface area contributed by atoms with E-state index in [4.69, 9.17) is 14.2 Å². The number of ether oxygens (including phenoxy) is 3. The third-order valence-electron chi connectivity index (χ3n) is 4.89. The predicted molar refractivity (Wildman–Crippen MR) is 125 cm³/mol. The van der Waals surface area contributed by atoms with Crippen LogP contribution in [0.4, 0.5) is 11.4 Å². The van der Waals surface area contributed by atoms with Crippen molar-refractivity contribution in [1.29, 1.82) is 0 Å². The van der Waals surface area contributed by atoms with Crippen molar-refractivity contribution in [3.8, 4) is 17.2 Å². The van der Waals surface area contributed by atoms with Crippen molar-refractivity contribution in [2.24, 2.45) is 0 Å². The van der Waals surface area contributed by atoms with E-state index in [1.54, 1.807) is 42.5 Å². The summed E-state index contributed by atoms with van der Waals surface area (Å²) in [4.78, 5) is 12.6. The summed E-state index contributed by atoms with van der Waals surface area (Å²) in [6.07, 6.45) is 1.06. The highest BCUT2D eigenvalue weighted by Crippen LogP contribution is 2.32. The highest BCUT2D eigenvalue weighted by molar-refractivity contribution is 7.92. The maximum Gasteiger partial charge on any atom is 0.245 e. The lowest BCUT2D eigenvalue weighted by atomic mass is 10.2. The maximum absolute atomic E-state index is 12.6. The minimum Gasteiger partial charge on any atom is -0.489 e. The molecule has 1 aliphatic heterocycles. The molecule has 0 saturated carbocycles. The van der Waals surface area contributed by atoms with Crippen LogP contribution in [0.3, 0.4) is 0 Å². The van der Waals surface area contributed by atoms with Crippen LogP contribution in [-0.2, 0) is 21.4 Å². The molecular formula is C24H24N2O6S. The predicted octanol–water partition coefficient (Wildman–Crippen LogP) is 3.44. The fourth-order valence-electron chi connectivity index (χ4n) is 3.30. The van der Waals surface area contributed by atoms with E-state index >= 15 is 0 Å². The first-order valence-corrected chi connectivity index (χ1v) is 12.2. The SMILES string of the molecule is CS(=O)(=O)N(CC(=O)Nc1ccc2c(c1)OCCO2)c1ccc(OCc2ccccc2)cc1. The second kappa shape index (κ2) is 9.83. The molecule has 1 heterocycles. The van der Waals surface area contributed by atoms with Crippen LogP contribution in [0.2, 0.25) is 0 Å². The van der Waals surface area contributed by atoms with Gasteiger partial charge >= 0.3 is 0 Å². The van der Waals surface area contributed by atoms with E-state index in [1.165, 1.54) is 0 Å². The molecule has 33 heavy (non-hydrogen) atoms. The molecule has 0 fully saturated rings. The van der Waals surface area contributed by atoms with Gasteiger partial charge in [0, 0.05) is 11.8 Å². The van der Waals surface area contributed by atoms with Crippen LogP contribution in [0, 0.1) is 0 Å². The summed E-state index contributed by atoms with van der Waals surface area (Å²) in [6, 6.07) is 21.3. The molecule has 1 amide bonds. The summed E-state index contributed by atoms with van der Waals surface area (Å²) in [5.74, 6) is 1.25. The summed E-state index contributed by atoms with van der Waals surface area (Å²) < 4.78 is 42.5. The molecule has 3 aromatic carbocycles. The summed E-state index contributed by atoms with van der Waals surface area (Å²) in [7, 11) is -3.70. The number of rotatable bonds is 8. The number of fused-ring (bicyclic) bond motifs is 1. The first kappa shape index (κ1) is 22.5. The Morgan fingerprint density at radius 3 is 2.36 bits per heavy atom. The van der Waals surface area contributed by atoms with Crippen LogP contribution in [-0.4, -0.2) is 40.3 Å².